The van der Waals surface area contributed by atoms with Crippen LogP contribution < -0.4 is 0 Å². The fraction of sp³-hybridized carbons (Fsp3) is 0.600. The van der Waals surface area contributed by atoms with E-state index in [-0.39, 0.29) is 10.6 Å². The van der Waals surface area contributed by atoms with E-state index in [0.29, 0.717) is 6.42 Å². The molecule has 0 spiro atoms. The van der Waals surface area contributed by atoms with E-state index in [4.69, 9.17) is 0 Å². The minimum absolute atomic E-state index is 0.159. The summed E-state index contributed by atoms with van der Waals surface area (Å²) in [6, 6.07) is 5.06. The van der Waals surface area contributed by atoms with Gasteiger partial charge in [-0.15, -0.1) is 0 Å². The van der Waals surface area contributed by atoms with E-state index >= 15 is 0 Å². The van der Waals surface area contributed by atoms with E-state index in [0.717, 1.165) is 12.8 Å². The van der Waals surface area contributed by atoms with Gasteiger partial charge in [0, 0.05) is 0 Å². The van der Waals surface area contributed by atoms with Crippen LogP contribution in [0.2, 0.25) is 0 Å². The van der Waals surface area contributed by atoms with Crippen molar-refractivity contribution in [3.63, 3.8) is 0 Å². The zero-order valence-electron chi connectivity index (χ0n) is 11.6. The monoisotopic (exact) mass is 286 g/mol. The van der Waals surface area contributed by atoms with Crippen molar-refractivity contribution in [2.75, 3.05) is 5.75 Å². The maximum atomic E-state index is 12.7. The van der Waals surface area contributed by atoms with Crippen molar-refractivity contribution >= 4 is 9.84 Å². The van der Waals surface area contributed by atoms with Gasteiger partial charge in [0.25, 0.3) is 0 Å². The first-order valence-corrected chi connectivity index (χ1v) is 8.70. The Kier molecular flexibility index (Phi) is 7.06. The van der Waals surface area contributed by atoms with E-state index in [1.165, 1.54) is 49.9 Å². The normalized spacial score (nSPS) is 11.7. The molecule has 19 heavy (non-hydrogen) atoms. The largest absolute Gasteiger partial charge is 0.224 e. The molecule has 0 N–H and O–H groups in total. The molecule has 1 aromatic rings. The third-order valence-corrected chi connectivity index (χ3v) is 5.01. The lowest BCUT2D eigenvalue weighted by Gasteiger charge is -2.04. The van der Waals surface area contributed by atoms with Gasteiger partial charge in [-0.1, -0.05) is 45.4 Å². The van der Waals surface area contributed by atoms with E-state index in [9.17, 15) is 12.8 Å². The molecular weight excluding hydrogens is 263 g/mol. The molecule has 108 valence electrons. The molecule has 0 aliphatic carbocycles. The molecule has 0 aliphatic rings. The molecule has 0 fully saturated rings. The molecular formula is C15H23FO2S. The number of benzene rings is 1. The molecule has 0 saturated heterocycles. The second-order valence-corrected chi connectivity index (χ2v) is 7.00. The van der Waals surface area contributed by atoms with Gasteiger partial charge in [0.05, 0.1) is 10.6 Å². The van der Waals surface area contributed by atoms with Crippen LogP contribution in [-0.2, 0) is 9.84 Å². The van der Waals surface area contributed by atoms with Gasteiger partial charge in [-0.2, -0.15) is 0 Å². The van der Waals surface area contributed by atoms with Gasteiger partial charge in [0.1, 0.15) is 5.82 Å². The second-order valence-electron chi connectivity index (χ2n) is 4.89. The molecule has 0 unspecified atom stereocenters. The fourth-order valence-electron chi connectivity index (χ4n) is 2.01. The van der Waals surface area contributed by atoms with Gasteiger partial charge < -0.3 is 0 Å². The molecule has 1 aromatic carbocycles. The third kappa shape index (κ3) is 6.19. The van der Waals surface area contributed by atoms with Crippen LogP contribution in [0.5, 0.6) is 0 Å². The number of rotatable bonds is 9. The van der Waals surface area contributed by atoms with Crippen molar-refractivity contribution in [3.8, 4) is 0 Å². The van der Waals surface area contributed by atoms with E-state index < -0.39 is 15.7 Å². The van der Waals surface area contributed by atoms with Crippen molar-refractivity contribution in [2.24, 2.45) is 0 Å². The number of halogens is 1. The number of unbranched alkanes of at least 4 members (excludes halogenated alkanes) is 6. The Labute approximate surface area is 116 Å². The highest BCUT2D eigenvalue weighted by Gasteiger charge is 2.13. The Morgan fingerprint density at radius 1 is 0.895 bits per heavy atom. The molecule has 0 bridgehead atoms. The average Bonchev–Trinajstić information content (AvgIpc) is 2.38. The van der Waals surface area contributed by atoms with Gasteiger partial charge >= 0.3 is 0 Å². The van der Waals surface area contributed by atoms with E-state index in [2.05, 4.69) is 6.92 Å². The highest BCUT2D eigenvalue weighted by Crippen LogP contribution is 2.15. The Hall–Kier alpha value is -0.900. The molecule has 0 aromatic heterocycles. The van der Waals surface area contributed by atoms with Crippen molar-refractivity contribution < 1.29 is 12.8 Å². The summed E-state index contributed by atoms with van der Waals surface area (Å²) in [5, 5.41) is 0. The average molecular weight is 286 g/mol. The van der Waals surface area contributed by atoms with Crippen LogP contribution in [0.3, 0.4) is 0 Å². The molecule has 0 amide bonds. The molecule has 0 atom stereocenters. The minimum Gasteiger partial charge on any atom is -0.224 e. The molecule has 2 nitrogen and oxygen atoms in total. The van der Waals surface area contributed by atoms with E-state index in [1.807, 2.05) is 0 Å². The van der Waals surface area contributed by atoms with Crippen molar-refractivity contribution in [3.05, 3.63) is 30.1 Å². The summed E-state index contributed by atoms with van der Waals surface area (Å²) in [5.74, 6) is -0.248. The summed E-state index contributed by atoms with van der Waals surface area (Å²) < 4.78 is 36.6. The zero-order valence-corrected chi connectivity index (χ0v) is 12.4. The maximum absolute atomic E-state index is 12.7. The first-order valence-electron chi connectivity index (χ1n) is 7.04. The SMILES string of the molecule is CCCCCCCCCS(=O)(=O)c1ccc(F)cc1. The standard InChI is InChI=1S/C15H23FO2S/c1-2-3-4-5-6-7-8-13-19(17,18)15-11-9-14(16)10-12-15/h9-12H,2-8,13H2,1H3. The summed E-state index contributed by atoms with van der Waals surface area (Å²) in [7, 11) is -3.24. The van der Waals surface area contributed by atoms with Gasteiger partial charge in [0.2, 0.25) is 0 Å². The molecule has 4 heteroatoms. The minimum atomic E-state index is -3.24. The third-order valence-electron chi connectivity index (χ3n) is 3.19. The van der Waals surface area contributed by atoms with Gasteiger partial charge in [-0.3, -0.25) is 0 Å². The smallest absolute Gasteiger partial charge is 0.178 e. The summed E-state index contributed by atoms with van der Waals surface area (Å²) in [6.07, 6.45) is 7.63. The second kappa shape index (κ2) is 8.31. The van der Waals surface area contributed by atoms with Crippen molar-refractivity contribution in [1.82, 2.24) is 0 Å². The number of sulfone groups is 1. The highest BCUT2D eigenvalue weighted by atomic mass is 32.2. The maximum Gasteiger partial charge on any atom is 0.178 e. The van der Waals surface area contributed by atoms with E-state index in [1.54, 1.807) is 0 Å². The Balaban J connectivity index is 2.29. The van der Waals surface area contributed by atoms with Crippen LogP contribution in [-0.4, -0.2) is 14.2 Å². The van der Waals surface area contributed by atoms with Crippen LogP contribution in [0.15, 0.2) is 29.2 Å². The lowest BCUT2D eigenvalue weighted by Crippen LogP contribution is -2.06. The lowest BCUT2D eigenvalue weighted by molar-refractivity contribution is 0.578. The molecule has 1 rings (SSSR count). The summed E-state index contributed by atoms with van der Waals surface area (Å²) >= 11 is 0. The fourth-order valence-corrected chi connectivity index (χ4v) is 3.38. The molecule has 0 aliphatic heterocycles. The summed E-state index contributed by atoms with van der Waals surface area (Å²) in [5.41, 5.74) is 0. The quantitative estimate of drug-likeness (QED) is 0.499. The van der Waals surface area contributed by atoms with Crippen molar-refractivity contribution in [2.45, 2.75) is 56.8 Å². The Morgan fingerprint density at radius 3 is 2.00 bits per heavy atom. The van der Waals surface area contributed by atoms with Crippen LogP contribution >= 0.6 is 0 Å². The summed E-state index contributed by atoms with van der Waals surface area (Å²) in [6.45, 7) is 2.18. The first-order chi connectivity index (χ1) is 9.06. The predicted molar refractivity (Wildman–Crippen MR) is 76.4 cm³/mol. The van der Waals surface area contributed by atoms with Crippen LogP contribution in [0.25, 0.3) is 0 Å². The van der Waals surface area contributed by atoms with Crippen molar-refractivity contribution in [1.29, 1.82) is 0 Å². The topological polar surface area (TPSA) is 34.1 Å². The zero-order chi connectivity index (χ0) is 14.1. The Bertz CT molecular complexity index is 452. The van der Waals surface area contributed by atoms with Crippen LogP contribution in [0.4, 0.5) is 4.39 Å². The summed E-state index contributed by atoms with van der Waals surface area (Å²) in [4.78, 5) is 0.222. The highest BCUT2D eigenvalue weighted by molar-refractivity contribution is 7.91. The predicted octanol–water partition coefficient (Wildman–Crippen LogP) is 4.35. The molecule has 0 radical (unpaired) electrons. The van der Waals surface area contributed by atoms with Gasteiger partial charge in [-0.05, 0) is 30.7 Å². The van der Waals surface area contributed by atoms with Gasteiger partial charge in [-0.25, -0.2) is 12.8 Å². The number of hydrogen-bond donors (Lipinski definition) is 0. The first kappa shape index (κ1) is 16.2. The number of hydrogen-bond acceptors (Lipinski definition) is 2. The Morgan fingerprint density at radius 2 is 1.42 bits per heavy atom. The van der Waals surface area contributed by atoms with Crippen LogP contribution in [0, 0.1) is 5.82 Å². The van der Waals surface area contributed by atoms with Crippen LogP contribution in [0.1, 0.15) is 51.9 Å². The lowest BCUT2D eigenvalue weighted by atomic mass is 10.1. The molecule has 0 saturated carbocycles. The molecule has 0 heterocycles. The van der Waals surface area contributed by atoms with Gasteiger partial charge in [0.15, 0.2) is 9.84 Å².